The van der Waals surface area contributed by atoms with Gasteiger partial charge < -0.3 is 10.4 Å². The second-order valence-corrected chi connectivity index (χ2v) is 6.55. The predicted octanol–water partition coefficient (Wildman–Crippen LogP) is 3.80. The van der Waals surface area contributed by atoms with Crippen LogP contribution in [0.4, 0.5) is 4.39 Å². The summed E-state index contributed by atoms with van der Waals surface area (Å²) in [5.41, 5.74) is 1.35. The number of carbonyl (C=O) groups excluding carboxylic acids is 1. The lowest BCUT2D eigenvalue weighted by Gasteiger charge is -2.33. The Balaban J connectivity index is 1.89. The maximum Gasteiger partial charge on any atom is 0.307 e. The first-order chi connectivity index (χ1) is 12.0. The third kappa shape index (κ3) is 3.66. The number of halogens is 2. The van der Waals surface area contributed by atoms with Crippen molar-refractivity contribution in [1.82, 2.24) is 5.32 Å². The summed E-state index contributed by atoms with van der Waals surface area (Å²) >= 11 is 6.27. The number of aliphatic carboxylic acids is 1. The first-order valence-electron chi connectivity index (χ1n) is 8.00. The fourth-order valence-corrected chi connectivity index (χ4v) is 3.31. The number of carboxylic acid groups (broad SMARTS) is 1. The molecule has 0 bridgehead atoms. The molecule has 1 aliphatic rings. The molecule has 130 valence electrons. The lowest BCUT2D eigenvalue weighted by atomic mass is 9.73. The van der Waals surface area contributed by atoms with E-state index in [1.165, 1.54) is 12.1 Å². The van der Waals surface area contributed by atoms with Crippen molar-refractivity contribution in [3.63, 3.8) is 0 Å². The Kier molecular flexibility index (Phi) is 5.04. The van der Waals surface area contributed by atoms with Crippen LogP contribution in [0.1, 0.15) is 30.0 Å². The van der Waals surface area contributed by atoms with E-state index in [2.05, 4.69) is 5.32 Å². The van der Waals surface area contributed by atoms with Gasteiger partial charge in [-0.3, -0.25) is 9.59 Å². The Morgan fingerprint density at radius 3 is 2.28 bits per heavy atom. The second kappa shape index (κ2) is 7.23. The fraction of sp³-hybridized carbons (Fsp3) is 0.263. The zero-order chi connectivity index (χ0) is 18.0. The minimum atomic E-state index is -0.956. The zero-order valence-electron chi connectivity index (χ0n) is 13.3. The van der Waals surface area contributed by atoms with Crippen LogP contribution < -0.4 is 5.32 Å². The molecule has 2 N–H and O–H groups in total. The van der Waals surface area contributed by atoms with E-state index in [0.717, 1.165) is 0 Å². The van der Waals surface area contributed by atoms with Gasteiger partial charge in [-0.05, 0) is 42.2 Å². The third-order valence-corrected chi connectivity index (χ3v) is 4.98. The summed E-state index contributed by atoms with van der Waals surface area (Å²) in [5, 5.41) is 12.5. The predicted molar refractivity (Wildman–Crippen MR) is 91.7 cm³/mol. The van der Waals surface area contributed by atoms with E-state index in [-0.39, 0.29) is 11.7 Å². The van der Waals surface area contributed by atoms with Crippen LogP contribution in [0, 0.1) is 17.7 Å². The smallest absolute Gasteiger partial charge is 0.307 e. The molecule has 0 heterocycles. The number of amides is 1. The van der Waals surface area contributed by atoms with Gasteiger partial charge in [0.15, 0.2) is 0 Å². The maximum atomic E-state index is 13.2. The van der Waals surface area contributed by atoms with E-state index < -0.39 is 23.8 Å². The zero-order valence-corrected chi connectivity index (χ0v) is 14.0. The highest BCUT2D eigenvalue weighted by atomic mass is 35.5. The number of rotatable bonds is 5. The number of hydrogen-bond donors (Lipinski definition) is 2. The average Bonchev–Trinajstić information content (AvgIpc) is 2.53. The molecule has 0 aliphatic heterocycles. The molecule has 25 heavy (non-hydrogen) atoms. The van der Waals surface area contributed by atoms with E-state index in [1.807, 2.05) is 0 Å². The Bertz CT molecular complexity index is 794. The van der Waals surface area contributed by atoms with Crippen molar-refractivity contribution in [2.75, 3.05) is 0 Å². The molecule has 0 saturated heterocycles. The lowest BCUT2D eigenvalue weighted by molar-refractivity contribution is -0.152. The molecule has 6 heteroatoms. The Hall–Kier alpha value is -2.40. The normalized spacial score (nSPS) is 20.4. The summed E-state index contributed by atoms with van der Waals surface area (Å²) in [6.45, 7) is 0. The second-order valence-electron chi connectivity index (χ2n) is 6.14. The minimum absolute atomic E-state index is 0.326. The molecule has 2 aromatic carbocycles. The molecule has 3 atom stereocenters. The third-order valence-electron chi connectivity index (χ3n) is 4.63. The molecule has 1 saturated carbocycles. The van der Waals surface area contributed by atoms with Crippen LogP contribution in [0.2, 0.25) is 5.02 Å². The molecular weight excluding hydrogens is 345 g/mol. The van der Waals surface area contributed by atoms with Gasteiger partial charge in [0.25, 0.3) is 0 Å². The standard InChI is InChI=1S/C19H17ClFNO3/c20-16-4-2-1-3-15(16)17(11-5-7-12(21)8-6-11)22-18(23)13-9-10-14(13)19(24)25/h1-8,13-14,17H,9-10H2,(H,22,23)(H,24,25). The van der Waals surface area contributed by atoms with Gasteiger partial charge in [0.1, 0.15) is 5.82 Å². The van der Waals surface area contributed by atoms with Crippen molar-refractivity contribution < 1.29 is 19.1 Å². The SMILES string of the molecule is O=C(O)C1CCC1C(=O)NC(c1ccc(F)cc1)c1ccccc1Cl. The highest BCUT2D eigenvalue weighted by Crippen LogP contribution is 2.36. The van der Waals surface area contributed by atoms with Crippen LogP contribution in [-0.2, 0) is 9.59 Å². The molecule has 1 amide bonds. The molecular formula is C19H17ClFNO3. The summed E-state index contributed by atoms with van der Waals surface area (Å²) in [5.74, 6) is -2.86. The number of carboxylic acids is 1. The van der Waals surface area contributed by atoms with Crippen molar-refractivity contribution in [2.45, 2.75) is 18.9 Å². The van der Waals surface area contributed by atoms with E-state index in [4.69, 9.17) is 16.7 Å². The van der Waals surface area contributed by atoms with Crippen molar-refractivity contribution in [2.24, 2.45) is 11.8 Å². The molecule has 0 radical (unpaired) electrons. The minimum Gasteiger partial charge on any atom is -0.481 e. The van der Waals surface area contributed by atoms with Gasteiger partial charge in [-0.25, -0.2) is 4.39 Å². The van der Waals surface area contributed by atoms with E-state index >= 15 is 0 Å². The molecule has 4 nitrogen and oxygen atoms in total. The van der Waals surface area contributed by atoms with Gasteiger partial charge in [0, 0.05) is 5.02 Å². The Labute approximate surface area is 149 Å². The number of nitrogens with one attached hydrogen (secondary N) is 1. The summed E-state index contributed by atoms with van der Waals surface area (Å²) < 4.78 is 13.2. The van der Waals surface area contributed by atoms with Crippen LogP contribution in [0.5, 0.6) is 0 Å². The molecule has 3 rings (SSSR count). The fourth-order valence-electron chi connectivity index (χ4n) is 3.06. The van der Waals surface area contributed by atoms with Crippen LogP contribution >= 0.6 is 11.6 Å². The van der Waals surface area contributed by atoms with Crippen LogP contribution in [-0.4, -0.2) is 17.0 Å². The number of hydrogen-bond acceptors (Lipinski definition) is 2. The quantitative estimate of drug-likeness (QED) is 0.851. The summed E-state index contributed by atoms with van der Waals surface area (Å²) in [7, 11) is 0. The van der Waals surface area contributed by atoms with Gasteiger partial charge in [-0.2, -0.15) is 0 Å². The molecule has 1 fully saturated rings. The summed E-state index contributed by atoms with van der Waals surface area (Å²) in [6.07, 6.45) is 1.04. The monoisotopic (exact) mass is 361 g/mol. The molecule has 3 unspecified atom stereocenters. The highest BCUT2D eigenvalue weighted by molar-refractivity contribution is 6.31. The topological polar surface area (TPSA) is 66.4 Å². The van der Waals surface area contributed by atoms with E-state index in [0.29, 0.717) is 29.0 Å². The highest BCUT2D eigenvalue weighted by Gasteiger charge is 2.42. The van der Waals surface area contributed by atoms with Crippen LogP contribution in [0.25, 0.3) is 0 Å². The number of benzene rings is 2. The van der Waals surface area contributed by atoms with Gasteiger partial charge >= 0.3 is 5.97 Å². The van der Waals surface area contributed by atoms with E-state index in [9.17, 15) is 14.0 Å². The van der Waals surface area contributed by atoms with Crippen LogP contribution in [0.15, 0.2) is 48.5 Å². The lowest BCUT2D eigenvalue weighted by Crippen LogP contribution is -2.45. The van der Waals surface area contributed by atoms with Gasteiger partial charge in [-0.15, -0.1) is 0 Å². The van der Waals surface area contributed by atoms with Gasteiger partial charge in [0.2, 0.25) is 5.91 Å². The van der Waals surface area contributed by atoms with Crippen molar-refractivity contribution >= 4 is 23.5 Å². The van der Waals surface area contributed by atoms with Crippen molar-refractivity contribution in [1.29, 1.82) is 0 Å². The Morgan fingerprint density at radius 1 is 1.08 bits per heavy atom. The molecule has 0 aromatic heterocycles. The molecule has 2 aromatic rings. The maximum absolute atomic E-state index is 13.2. The first kappa shape index (κ1) is 17.4. The van der Waals surface area contributed by atoms with Crippen LogP contribution in [0.3, 0.4) is 0 Å². The van der Waals surface area contributed by atoms with Gasteiger partial charge in [0.05, 0.1) is 17.9 Å². The first-order valence-corrected chi connectivity index (χ1v) is 8.38. The van der Waals surface area contributed by atoms with Crippen molar-refractivity contribution in [3.8, 4) is 0 Å². The summed E-state index contributed by atoms with van der Waals surface area (Å²) in [6, 6.07) is 12.3. The summed E-state index contributed by atoms with van der Waals surface area (Å²) in [4.78, 5) is 23.8. The Morgan fingerprint density at radius 2 is 1.72 bits per heavy atom. The van der Waals surface area contributed by atoms with E-state index in [1.54, 1.807) is 36.4 Å². The molecule has 0 spiro atoms. The molecule has 1 aliphatic carbocycles. The van der Waals surface area contributed by atoms with Gasteiger partial charge in [-0.1, -0.05) is 41.9 Å². The number of carbonyl (C=O) groups is 2. The van der Waals surface area contributed by atoms with Crippen molar-refractivity contribution in [3.05, 3.63) is 70.5 Å². The average molecular weight is 362 g/mol. The largest absolute Gasteiger partial charge is 0.481 e.